The second-order valence-corrected chi connectivity index (χ2v) is 6.39. The molecule has 4 rings (SSSR count). The maximum absolute atomic E-state index is 12.6. The van der Waals surface area contributed by atoms with Crippen molar-refractivity contribution in [1.29, 1.82) is 0 Å². The Labute approximate surface area is 155 Å². The van der Waals surface area contributed by atoms with Crippen LogP contribution in [0.3, 0.4) is 0 Å². The lowest BCUT2D eigenvalue weighted by molar-refractivity contribution is -0.120. The summed E-state index contributed by atoms with van der Waals surface area (Å²) in [6.45, 7) is 0.538. The molecule has 1 atom stereocenters. The molecule has 0 aliphatic carbocycles. The van der Waals surface area contributed by atoms with E-state index in [1.54, 1.807) is 24.0 Å². The van der Waals surface area contributed by atoms with Crippen molar-refractivity contribution in [3.8, 4) is 0 Å². The summed E-state index contributed by atoms with van der Waals surface area (Å²) >= 11 is 0. The molecule has 0 bridgehead atoms. The van der Waals surface area contributed by atoms with Gasteiger partial charge in [0.05, 0.1) is 6.20 Å². The fraction of sp³-hybridized carbons (Fsp3) is 0.278. The van der Waals surface area contributed by atoms with Gasteiger partial charge in [0, 0.05) is 26.1 Å². The van der Waals surface area contributed by atoms with Crippen LogP contribution in [0.1, 0.15) is 28.4 Å². The SMILES string of the molecule is CN1C(=O)C(NC(=O)c2n[nH]c(Cc3ccccc3)n2)CCn2nccc21. The third-order valence-electron chi connectivity index (χ3n) is 4.55. The molecule has 0 saturated carbocycles. The molecular formula is C18H19N7O2. The quantitative estimate of drug-likeness (QED) is 0.709. The number of nitrogens with zero attached hydrogens (tertiary/aromatic N) is 5. The Morgan fingerprint density at radius 3 is 2.93 bits per heavy atom. The van der Waals surface area contributed by atoms with Crippen LogP contribution in [0.2, 0.25) is 0 Å². The maximum Gasteiger partial charge on any atom is 0.291 e. The molecule has 0 fully saturated rings. The highest BCUT2D eigenvalue weighted by molar-refractivity contribution is 6.00. The molecular weight excluding hydrogens is 346 g/mol. The molecule has 3 aromatic rings. The number of anilines is 1. The average Bonchev–Trinajstić information content (AvgIpc) is 3.32. The predicted octanol–water partition coefficient (Wildman–Crippen LogP) is 0.757. The van der Waals surface area contributed by atoms with Gasteiger partial charge in [-0.3, -0.25) is 19.6 Å². The predicted molar refractivity (Wildman–Crippen MR) is 97.1 cm³/mol. The molecule has 1 aromatic carbocycles. The van der Waals surface area contributed by atoms with Crippen LogP contribution < -0.4 is 10.2 Å². The zero-order valence-electron chi connectivity index (χ0n) is 14.8. The number of rotatable bonds is 4. The lowest BCUT2D eigenvalue weighted by Gasteiger charge is -2.19. The number of carbonyl (C=O) groups is 2. The van der Waals surface area contributed by atoms with E-state index in [4.69, 9.17) is 0 Å². The smallest absolute Gasteiger partial charge is 0.291 e. The molecule has 1 unspecified atom stereocenters. The van der Waals surface area contributed by atoms with Crippen molar-refractivity contribution in [3.63, 3.8) is 0 Å². The molecule has 3 heterocycles. The first-order chi connectivity index (χ1) is 13.1. The summed E-state index contributed by atoms with van der Waals surface area (Å²) in [5.74, 6) is 0.661. The van der Waals surface area contributed by atoms with Gasteiger partial charge in [-0.1, -0.05) is 30.3 Å². The number of aryl methyl sites for hydroxylation is 1. The minimum atomic E-state index is -0.653. The fourth-order valence-corrected chi connectivity index (χ4v) is 3.13. The molecule has 2 amide bonds. The number of hydrogen-bond donors (Lipinski definition) is 2. The first-order valence-electron chi connectivity index (χ1n) is 8.67. The van der Waals surface area contributed by atoms with Gasteiger partial charge in [0.2, 0.25) is 5.82 Å². The highest BCUT2D eigenvalue weighted by Gasteiger charge is 2.30. The largest absolute Gasteiger partial charge is 0.337 e. The van der Waals surface area contributed by atoms with E-state index in [0.29, 0.717) is 31.0 Å². The van der Waals surface area contributed by atoms with Crippen LogP contribution >= 0.6 is 0 Å². The van der Waals surface area contributed by atoms with Crippen LogP contribution in [-0.4, -0.2) is 49.9 Å². The standard InChI is InChI=1S/C18H19N7O2/c1-24-15-7-9-19-25(15)10-8-13(18(24)27)20-17(26)16-21-14(22-23-16)11-12-5-3-2-4-6-12/h2-7,9,13H,8,10-11H2,1H3,(H,20,26)(H,21,22,23). The number of benzene rings is 1. The third kappa shape index (κ3) is 3.43. The molecule has 27 heavy (non-hydrogen) atoms. The van der Waals surface area contributed by atoms with Crippen LogP contribution in [-0.2, 0) is 17.8 Å². The van der Waals surface area contributed by atoms with E-state index in [0.717, 1.165) is 5.56 Å². The number of H-pyrrole nitrogens is 1. The van der Waals surface area contributed by atoms with Gasteiger partial charge in [0.15, 0.2) is 0 Å². The normalized spacial score (nSPS) is 16.7. The number of amides is 2. The Balaban J connectivity index is 1.43. The van der Waals surface area contributed by atoms with Crippen LogP contribution in [0.4, 0.5) is 5.82 Å². The van der Waals surface area contributed by atoms with E-state index < -0.39 is 11.9 Å². The second kappa shape index (κ2) is 7.02. The van der Waals surface area contributed by atoms with Crippen LogP contribution in [0.15, 0.2) is 42.6 Å². The number of aromatic amines is 1. The average molecular weight is 365 g/mol. The van der Waals surface area contributed by atoms with Gasteiger partial charge in [-0.15, -0.1) is 5.10 Å². The van der Waals surface area contributed by atoms with Gasteiger partial charge in [-0.05, 0) is 12.0 Å². The fourth-order valence-electron chi connectivity index (χ4n) is 3.13. The van der Waals surface area contributed by atoms with Crippen LogP contribution in [0.25, 0.3) is 0 Å². The molecule has 2 aromatic heterocycles. The monoisotopic (exact) mass is 365 g/mol. The number of likely N-dealkylation sites (N-methyl/N-ethyl adjacent to an activating group) is 1. The Morgan fingerprint density at radius 1 is 1.30 bits per heavy atom. The van der Waals surface area contributed by atoms with Crippen LogP contribution in [0.5, 0.6) is 0 Å². The number of hydrogen-bond acceptors (Lipinski definition) is 5. The summed E-state index contributed by atoms with van der Waals surface area (Å²) in [6, 6.07) is 10.9. The highest BCUT2D eigenvalue weighted by Crippen LogP contribution is 2.18. The summed E-state index contributed by atoms with van der Waals surface area (Å²) in [5, 5.41) is 13.7. The second-order valence-electron chi connectivity index (χ2n) is 6.39. The minimum Gasteiger partial charge on any atom is -0.337 e. The van der Waals surface area contributed by atoms with E-state index in [-0.39, 0.29) is 11.7 Å². The van der Waals surface area contributed by atoms with Crippen molar-refractivity contribution >= 4 is 17.6 Å². The summed E-state index contributed by atoms with van der Waals surface area (Å²) < 4.78 is 1.74. The lowest BCUT2D eigenvalue weighted by Crippen LogP contribution is -2.47. The van der Waals surface area contributed by atoms with Crippen molar-refractivity contribution < 1.29 is 9.59 Å². The van der Waals surface area contributed by atoms with E-state index in [9.17, 15) is 9.59 Å². The van der Waals surface area contributed by atoms with E-state index in [2.05, 4.69) is 25.6 Å². The first-order valence-corrected chi connectivity index (χ1v) is 8.67. The molecule has 2 N–H and O–H groups in total. The Hall–Kier alpha value is -3.49. The third-order valence-corrected chi connectivity index (χ3v) is 4.55. The van der Waals surface area contributed by atoms with Crippen molar-refractivity contribution in [2.75, 3.05) is 11.9 Å². The molecule has 0 saturated heterocycles. The van der Waals surface area contributed by atoms with Crippen molar-refractivity contribution in [3.05, 3.63) is 59.8 Å². The highest BCUT2D eigenvalue weighted by atomic mass is 16.2. The van der Waals surface area contributed by atoms with Gasteiger partial charge in [-0.2, -0.15) is 5.10 Å². The zero-order chi connectivity index (χ0) is 18.8. The first kappa shape index (κ1) is 17.0. The molecule has 0 radical (unpaired) electrons. The summed E-state index contributed by atoms with van der Waals surface area (Å²) in [6.07, 6.45) is 2.65. The number of carbonyl (C=O) groups excluding carboxylic acids is 2. The zero-order valence-corrected chi connectivity index (χ0v) is 14.8. The van der Waals surface area contributed by atoms with Gasteiger partial charge in [0.1, 0.15) is 17.7 Å². The minimum absolute atomic E-state index is 0.0263. The number of fused-ring (bicyclic) bond motifs is 1. The maximum atomic E-state index is 12.6. The molecule has 1 aliphatic heterocycles. The molecule has 138 valence electrons. The summed E-state index contributed by atoms with van der Waals surface area (Å²) in [5.41, 5.74) is 1.07. The Morgan fingerprint density at radius 2 is 2.11 bits per heavy atom. The van der Waals surface area contributed by atoms with E-state index >= 15 is 0 Å². The Bertz CT molecular complexity index is 963. The van der Waals surface area contributed by atoms with E-state index in [1.165, 1.54) is 4.90 Å². The summed E-state index contributed by atoms with van der Waals surface area (Å²) in [7, 11) is 1.67. The van der Waals surface area contributed by atoms with Gasteiger partial charge in [0.25, 0.3) is 11.8 Å². The molecule has 1 aliphatic rings. The van der Waals surface area contributed by atoms with Crippen molar-refractivity contribution in [2.45, 2.75) is 25.4 Å². The van der Waals surface area contributed by atoms with E-state index in [1.807, 2.05) is 30.3 Å². The Kier molecular flexibility index (Phi) is 4.41. The molecule has 9 nitrogen and oxygen atoms in total. The van der Waals surface area contributed by atoms with Crippen molar-refractivity contribution in [1.82, 2.24) is 30.3 Å². The van der Waals surface area contributed by atoms with Crippen LogP contribution in [0, 0.1) is 0 Å². The van der Waals surface area contributed by atoms with Gasteiger partial charge < -0.3 is 5.32 Å². The molecule has 9 heteroatoms. The molecule has 0 spiro atoms. The topological polar surface area (TPSA) is 109 Å². The van der Waals surface area contributed by atoms with Gasteiger partial charge in [-0.25, -0.2) is 9.67 Å². The number of nitrogens with one attached hydrogen (secondary N) is 2. The number of aromatic nitrogens is 5. The van der Waals surface area contributed by atoms with Gasteiger partial charge >= 0.3 is 0 Å². The summed E-state index contributed by atoms with van der Waals surface area (Å²) in [4.78, 5) is 30.9. The lowest BCUT2D eigenvalue weighted by atomic mass is 10.1. The van der Waals surface area contributed by atoms with Crippen molar-refractivity contribution in [2.24, 2.45) is 0 Å².